The van der Waals surface area contributed by atoms with Crippen LogP contribution in [0.2, 0.25) is 0 Å². The summed E-state index contributed by atoms with van der Waals surface area (Å²) in [5.74, 6) is -0.711. The van der Waals surface area contributed by atoms with E-state index >= 15 is 0 Å². The summed E-state index contributed by atoms with van der Waals surface area (Å²) in [6.45, 7) is 1.93. The van der Waals surface area contributed by atoms with E-state index in [1.807, 2.05) is 0 Å². The van der Waals surface area contributed by atoms with Crippen molar-refractivity contribution in [3.05, 3.63) is 59.9 Å². The topological polar surface area (TPSA) is 58.2 Å². The molecule has 0 bridgehead atoms. The summed E-state index contributed by atoms with van der Waals surface area (Å²) in [5, 5.41) is 5.60. The third kappa shape index (κ3) is 4.41. The number of Topliss-reactive ketones (excluding diaryl/α,β-unsaturated/α-hetero) is 1. The summed E-state index contributed by atoms with van der Waals surface area (Å²) in [5.41, 5.74) is 1.64. The highest BCUT2D eigenvalue weighted by Crippen LogP contribution is 2.13. The Labute approximate surface area is 128 Å². The smallest absolute Gasteiger partial charge is 0.226 e. The first-order valence-electron chi connectivity index (χ1n) is 6.95. The Hall–Kier alpha value is -2.69. The third-order valence-corrected chi connectivity index (χ3v) is 3.12. The molecule has 22 heavy (non-hydrogen) atoms. The molecule has 0 fully saturated rings. The number of hydrogen-bond donors (Lipinski definition) is 2. The second-order valence-corrected chi connectivity index (χ2v) is 4.84. The molecule has 0 spiro atoms. The van der Waals surface area contributed by atoms with Gasteiger partial charge in [-0.15, -0.1) is 0 Å². The molecule has 0 aliphatic heterocycles. The number of carbonyl (C=O) groups excluding carboxylic acids is 2. The zero-order chi connectivity index (χ0) is 15.9. The Morgan fingerprint density at radius 3 is 2.36 bits per heavy atom. The van der Waals surface area contributed by atoms with E-state index in [9.17, 15) is 14.0 Å². The highest BCUT2D eigenvalue weighted by atomic mass is 19.1. The normalized spacial score (nSPS) is 10.1. The molecule has 0 heterocycles. The minimum atomic E-state index is -0.455. The van der Waals surface area contributed by atoms with Crippen LogP contribution in [0, 0.1) is 5.82 Å². The number of benzene rings is 2. The van der Waals surface area contributed by atoms with Gasteiger partial charge in [0.2, 0.25) is 5.91 Å². The van der Waals surface area contributed by atoms with Crippen LogP contribution < -0.4 is 10.6 Å². The van der Waals surface area contributed by atoms with Crippen molar-refractivity contribution in [2.45, 2.75) is 13.3 Å². The SMILES string of the molecule is CC(=O)c1ccc(NCCC(=O)Nc2ccccc2F)cc1. The third-order valence-electron chi connectivity index (χ3n) is 3.12. The minimum absolute atomic E-state index is 0.0100. The van der Waals surface area contributed by atoms with E-state index in [1.165, 1.54) is 19.1 Å². The molecule has 4 nitrogen and oxygen atoms in total. The van der Waals surface area contributed by atoms with Crippen LogP contribution in [0.15, 0.2) is 48.5 Å². The predicted molar refractivity (Wildman–Crippen MR) is 84.6 cm³/mol. The molecule has 0 saturated heterocycles. The summed E-state index contributed by atoms with van der Waals surface area (Å²) in [7, 11) is 0. The molecule has 114 valence electrons. The van der Waals surface area contributed by atoms with Crippen molar-refractivity contribution in [3.8, 4) is 0 Å². The average Bonchev–Trinajstić information content (AvgIpc) is 2.50. The van der Waals surface area contributed by atoms with Gasteiger partial charge >= 0.3 is 0 Å². The van der Waals surface area contributed by atoms with Crippen LogP contribution in [0.4, 0.5) is 15.8 Å². The van der Waals surface area contributed by atoms with Gasteiger partial charge in [-0.25, -0.2) is 4.39 Å². The molecule has 1 amide bonds. The molecule has 0 atom stereocenters. The van der Waals surface area contributed by atoms with Crippen LogP contribution in [0.5, 0.6) is 0 Å². The molecule has 0 unspecified atom stereocenters. The van der Waals surface area contributed by atoms with Crippen molar-refractivity contribution in [1.82, 2.24) is 0 Å². The number of nitrogens with one attached hydrogen (secondary N) is 2. The van der Waals surface area contributed by atoms with Gasteiger partial charge in [0.15, 0.2) is 5.78 Å². The molecule has 5 heteroatoms. The molecule has 2 N–H and O–H groups in total. The lowest BCUT2D eigenvalue weighted by atomic mass is 10.1. The van der Waals surface area contributed by atoms with Crippen LogP contribution in [0.3, 0.4) is 0 Å². The zero-order valence-electron chi connectivity index (χ0n) is 12.2. The molecule has 2 aromatic carbocycles. The summed E-state index contributed by atoms with van der Waals surface area (Å²) in [6, 6.07) is 13.1. The average molecular weight is 300 g/mol. The predicted octanol–water partition coefficient (Wildman–Crippen LogP) is 3.47. The molecule has 0 radical (unpaired) electrons. The van der Waals surface area contributed by atoms with Gasteiger partial charge in [-0.2, -0.15) is 0 Å². The van der Waals surface area contributed by atoms with Crippen LogP contribution in [-0.2, 0) is 4.79 Å². The molecule has 2 aromatic rings. The highest BCUT2D eigenvalue weighted by molar-refractivity contribution is 5.94. The molecule has 2 rings (SSSR count). The summed E-state index contributed by atoms with van der Waals surface area (Å²) >= 11 is 0. The number of hydrogen-bond acceptors (Lipinski definition) is 3. The van der Waals surface area contributed by atoms with Gasteiger partial charge in [0.05, 0.1) is 5.69 Å². The Bertz CT molecular complexity index is 669. The minimum Gasteiger partial charge on any atom is -0.385 e. The standard InChI is InChI=1S/C17H17FN2O2/c1-12(21)13-6-8-14(9-7-13)19-11-10-17(22)20-16-5-3-2-4-15(16)18/h2-9,19H,10-11H2,1H3,(H,20,22). The van der Waals surface area contributed by atoms with Gasteiger partial charge in [-0.05, 0) is 43.3 Å². The van der Waals surface area contributed by atoms with Gasteiger partial charge < -0.3 is 10.6 Å². The van der Waals surface area contributed by atoms with Gasteiger partial charge in [-0.3, -0.25) is 9.59 Å². The lowest BCUT2D eigenvalue weighted by Gasteiger charge is -2.08. The zero-order valence-corrected chi connectivity index (χ0v) is 12.2. The Morgan fingerprint density at radius 2 is 1.73 bits per heavy atom. The maximum atomic E-state index is 13.4. The Balaban J connectivity index is 1.79. The molecule has 0 saturated carbocycles. The fourth-order valence-corrected chi connectivity index (χ4v) is 1.92. The number of carbonyl (C=O) groups is 2. The number of halogens is 1. The quantitative estimate of drug-likeness (QED) is 0.803. The van der Waals surface area contributed by atoms with Crippen molar-refractivity contribution in [2.24, 2.45) is 0 Å². The van der Waals surface area contributed by atoms with Gasteiger partial charge in [0.1, 0.15) is 5.82 Å². The van der Waals surface area contributed by atoms with E-state index in [0.29, 0.717) is 12.1 Å². The Morgan fingerprint density at radius 1 is 1.05 bits per heavy atom. The molecule has 0 aromatic heterocycles. The van der Waals surface area contributed by atoms with Crippen LogP contribution in [0.25, 0.3) is 0 Å². The summed E-state index contributed by atoms with van der Waals surface area (Å²) < 4.78 is 13.4. The second-order valence-electron chi connectivity index (χ2n) is 4.84. The van der Waals surface area contributed by atoms with Gasteiger partial charge in [0.25, 0.3) is 0 Å². The van der Waals surface area contributed by atoms with Gasteiger partial charge in [0, 0.05) is 24.2 Å². The summed E-state index contributed by atoms with van der Waals surface area (Å²) in [4.78, 5) is 22.9. The fraction of sp³-hybridized carbons (Fsp3) is 0.176. The van der Waals surface area contributed by atoms with Crippen LogP contribution in [0.1, 0.15) is 23.7 Å². The van der Waals surface area contributed by atoms with Crippen LogP contribution in [-0.4, -0.2) is 18.2 Å². The van der Waals surface area contributed by atoms with E-state index in [-0.39, 0.29) is 23.8 Å². The highest BCUT2D eigenvalue weighted by Gasteiger charge is 2.06. The first kappa shape index (κ1) is 15.7. The lowest BCUT2D eigenvalue weighted by Crippen LogP contribution is -2.16. The number of rotatable bonds is 6. The largest absolute Gasteiger partial charge is 0.385 e. The molecule has 0 aliphatic carbocycles. The van der Waals surface area contributed by atoms with E-state index in [4.69, 9.17) is 0 Å². The van der Waals surface area contributed by atoms with E-state index in [0.717, 1.165) is 5.69 Å². The molecular weight excluding hydrogens is 283 g/mol. The lowest BCUT2D eigenvalue weighted by molar-refractivity contribution is -0.116. The second kappa shape index (κ2) is 7.36. The van der Waals surface area contributed by atoms with Crippen molar-refractivity contribution >= 4 is 23.1 Å². The van der Waals surface area contributed by atoms with Gasteiger partial charge in [-0.1, -0.05) is 12.1 Å². The van der Waals surface area contributed by atoms with Crippen molar-refractivity contribution in [2.75, 3.05) is 17.2 Å². The van der Waals surface area contributed by atoms with E-state index in [2.05, 4.69) is 10.6 Å². The van der Waals surface area contributed by atoms with E-state index < -0.39 is 5.82 Å². The van der Waals surface area contributed by atoms with Crippen LogP contribution >= 0.6 is 0 Å². The summed E-state index contributed by atoms with van der Waals surface area (Å²) in [6.07, 6.45) is 0.211. The van der Waals surface area contributed by atoms with Crippen molar-refractivity contribution in [1.29, 1.82) is 0 Å². The monoisotopic (exact) mass is 300 g/mol. The molecule has 0 aliphatic rings. The maximum absolute atomic E-state index is 13.4. The number of para-hydroxylation sites is 1. The first-order chi connectivity index (χ1) is 10.6. The fourth-order valence-electron chi connectivity index (χ4n) is 1.92. The van der Waals surface area contributed by atoms with E-state index in [1.54, 1.807) is 36.4 Å². The number of ketones is 1. The van der Waals surface area contributed by atoms with Crippen molar-refractivity contribution in [3.63, 3.8) is 0 Å². The maximum Gasteiger partial charge on any atom is 0.226 e. The number of amides is 1. The first-order valence-corrected chi connectivity index (χ1v) is 6.95. The van der Waals surface area contributed by atoms with Crippen molar-refractivity contribution < 1.29 is 14.0 Å². The Kier molecular flexibility index (Phi) is 5.25. The number of anilines is 2. The molecular formula is C17H17FN2O2.